The second kappa shape index (κ2) is 4.40. The van der Waals surface area contributed by atoms with Crippen molar-refractivity contribution >= 4 is 16.1 Å². The fourth-order valence-electron chi connectivity index (χ4n) is 0.0546. The molecule has 0 radical (unpaired) electrons. The second-order valence-electron chi connectivity index (χ2n) is 0.510. The third-order valence-corrected chi connectivity index (χ3v) is 0.428. The maximum Gasteiger partial charge on any atom is 0.0664 e. The third kappa shape index (κ3) is 4.40. The van der Waals surface area contributed by atoms with Crippen molar-refractivity contribution in [2.24, 2.45) is 0 Å². The van der Waals surface area contributed by atoms with E-state index in [9.17, 15) is 0 Å². The normalized spacial score (nSPS) is 8.40. The Morgan fingerprint density at radius 1 is 2.00 bits per heavy atom. The van der Waals surface area contributed by atoms with E-state index < -0.39 is 0 Å². The molecule has 0 amide bonds. The number of hydrogen-bond acceptors (Lipinski definition) is 2. The second-order valence-corrected chi connectivity index (χ2v) is 0.834. The quantitative estimate of drug-likeness (QED) is 0.453. The smallest absolute Gasteiger partial charge is 0.0664 e. The van der Waals surface area contributed by atoms with Crippen molar-refractivity contribution in [2.75, 3.05) is 6.61 Å². The van der Waals surface area contributed by atoms with Gasteiger partial charge in [0.2, 0.25) is 0 Å². The minimum atomic E-state index is 0.686. The Balaban J connectivity index is 2.19. The molecule has 0 saturated heterocycles. The van der Waals surface area contributed by atoms with Crippen LogP contribution in [0.4, 0.5) is 0 Å². The summed E-state index contributed by atoms with van der Waals surface area (Å²) >= 11 is 2.84. The van der Waals surface area contributed by atoms with Crippen molar-refractivity contribution in [3.05, 3.63) is 0 Å². The predicted octanol–water partition coefficient (Wildman–Crippen LogP) is 0.837. The van der Waals surface area contributed by atoms with Gasteiger partial charge in [0.25, 0.3) is 0 Å². The van der Waals surface area contributed by atoms with Gasteiger partial charge in [0.1, 0.15) is 0 Å². The number of nitrogens with one attached hydrogen (secondary N) is 1. The van der Waals surface area contributed by atoms with Crippen LogP contribution in [0.3, 0.4) is 0 Å². The molecular formula is C2H6BrNO. The lowest BCUT2D eigenvalue weighted by Gasteiger charge is -1.86. The zero-order valence-corrected chi connectivity index (χ0v) is 4.58. The van der Waals surface area contributed by atoms with Gasteiger partial charge in [-0.3, -0.25) is 4.84 Å². The third-order valence-electron chi connectivity index (χ3n) is 0.199. The molecule has 3 heteroatoms. The first-order chi connectivity index (χ1) is 2.41. The van der Waals surface area contributed by atoms with Gasteiger partial charge in [0.05, 0.1) is 6.61 Å². The molecule has 0 aromatic rings. The summed E-state index contributed by atoms with van der Waals surface area (Å²) in [6, 6.07) is 0. The summed E-state index contributed by atoms with van der Waals surface area (Å²) in [7, 11) is 0. The van der Waals surface area contributed by atoms with E-state index in [0.29, 0.717) is 6.61 Å². The van der Waals surface area contributed by atoms with Crippen LogP contribution < -0.4 is 4.51 Å². The van der Waals surface area contributed by atoms with Crippen LogP contribution in [0.2, 0.25) is 0 Å². The van der Waals surface area contributed by atoms with Crippen molar-refractivity contribution in [3.8, 4) is 0 Å². The molecule has 0 rings (SSSR count). The molecule has 0 bridgehead atoms. The molecule has 0 aliphatic heterocycles. The lowest BCUT2D eigenvalue weighted by molar-refractivity contribution is 0.119. The van der Waals surface area contributed by atoms with Gasteiger partial charge in [0, 0.05) is 16.1 Å². The van der Waals surface area contributed by atoms with Gasteiger partial charge in [-0.1, -0.05) is 0 Å². The van der Waals surface area contributed by atoms with Crippen LogP contribution in [0.5, 0.6) is 0 Å². The summed E-state index contributed by atoms with van der Waals surface area (Å²) in [4.78, 5) is 4.50. The van der Waals surface area contributed by atoms with E-state index in [1.165, 1.54) is 0 Å². The summed E-state index contributed by atoms with van der Waals surface area (Å²) < 4.78 is 2.33. The monoisotopic (exact) mass is 139 g/mol. The molecule has 32 valence electrons. The topological polar surface area (TPSA) is 21.3 Å². The van der Waals surface area contributed by atoms with Gasteiger partial charge in [-0.15, -0.1) is 4.51 Å². The number of halogens is 1. The minimum absolute atomic E-state index is 0.686. The Hall–Kier alpha value is 0.400. The molecule has 0 unspecified atom stereocenters. The summed E-state index contributed by atoms with van der Waals surface area (Å²) in [5.41, 5.74) is 0. The van der Waals surface area contributed by atoms with E-state index in [0.717, 1.165) is 0 Å². The molecule has 0 heterocycles. The molecule has 2 nitrogen and oxygen atoms in total. The highest BCUT2D eigenvalue weighted by Crippen LogP contribution is 1.66. The van der Waals surface area contributed by atoms with Gasteiger partial charge < -0.3 is 0 Å². The summed E-state index contributed by atoms with van der Waals surface area (Å²) in [5.74, 6) is 0. The summed E-state index contributed by atoms with van der Waals surface area (Å²) in [6.07, 6.45) is 0. The molecule has 0 fully saturated rings. The fraction of sp³-hybridized carbons (Fsp3) is 1.00. The van der Waals surface area contributed by atoms with Crippen molar-refractivity contribution in [1.82, 2.24) is 4.51 Å². The van der Waals surface area contributed by atoms with Crippen LogP contribution in [0.25, 0.3) is 0 Å². The molecule has 0 aliphatic carbocycles. The van der Waals surface area contributed by atoms with Crippen LogP contribution in [-0.4, -0.2) is 6.61 Å². The van der Waals surface area contributed by atoms with E-state index >= 15 is 0 Å². The molecule has 0 aromatic heterocycles. The minimum Gasteiger partial charge on any atom is -0.291 e. The Labute approximate surface area is 39.8 Å². The predicted molar refractivity (Wildman–Crippen MR) is 23.7 cm³/mol. The standard InChI is InChI=1S/C2H6BrNO/c1-2-5-4-3/h4H,2H2,1H3. The highest BCUT2D eigenvalue weighted by atomic mass is 79.9. The molecule has 0 spiro atoms. The van der Waals surface area contributed by atoms with Crippen molar-refractivity contribution in [1.29, 1.82) is 0 Å². The van der Waals surface area contributed by atoms with Crippen molar-refractivity contribution in [2.45, 2.75) is 6.92 Å². The highest BCUT2D eigenvalue weighted by molar-refractivity contribution is 9.07. The van der Waals surface area contributed by atoms with Crippen molar-refractivity contribution in [3.63, 3.8) is 0 Å². The summed E-state index contributed by atoms with van der Waals surface area (Å²) in [6.45, 7) is 2.58. The lowest BCUT2D eigenvalue weighted by Crippen LogP contribution is -1.96. The van der Waals surface area contributed by atoms with Crippen molar-refractivity contribution < 1.29 is 4.84 Å². The highest BCUT2D eigenvalue weighted by Gasteiger charge is 1.63. The Bertz CT molecular complexity index is 17.1. The Morgan fingerprint density at radius 2 is 2.60 bits per heavy atom. The van der Waals surface area contributed by atoms with E-state index in [1.54, 1.807) is 0 Å². The number of hydrogen-bond donors (Lipinski definition) is 1. The van der Waals surface area contributed by atoms with Gasteiger partial charge >= 0.3 is 0 Å². The largest absolute Gasteiger partial charge is 0.291 e. The van der Waals surface area contributed by atoms with E-state index in [2.05, 4.69) is 25.5 Å². The average Bonchev–Trinajstić information content (AvgIpc) is 1.41. The Kier molecular flexibility index (Phi) is 4.75. The molecule has 0 saturated carbocycles. The van der Waals surface area contributed by atoms with Crippen LogP contribution in [0.1, 0.15) is 6.92 Å². The molecule has 1 N–H and O–H groups in total. The fourth-order valence-corrected chi connectivity index (χ4v) is 0.283. The first-order valence-corrected chi connectivity index (χ1v) is 2.18. The summed E-state index contributed by atoms with van der Waals surface area (Å²) in [5, 5.41) is 0. The van der Waals surface area contributed by atoms with Crippen LogP contribution in [0, 0.1) is 0 Å². The van der Waals surface area contributed by atoms with Crippen LogP contribution in [0.15, 0.2) is 0 Å². The van der Waals surface area contributed by atoms with Crippen LogP contribution >= 0.6 is 16.1 Å². The zero-order valence-electron chi connectivity index (χ0n) is 2.99. The zero-order chi connectivity index (χ0) is 4.12. The maximum absolute atomic E-state index is 4.50. The first kappa shape index (κ1) is 5.40. The SMILES string of the molecule is CCONBr. The van der Waals surface area contributed by atoms with Crippen LogP contribution in [-0.2, 0) is 4.84 Å². The molecule has 0 aliphatic rings. The van der Waals surface area contributed by atoms with Gasteiger partial charge in [-0.25, -0.2) is 0 Å². The van der Waals surface area contributed by atoms with E-state index in [1.807, 2.05) is 6.92 Å². The first-order valence-electron chi connectivity index (χ1n) is 1.39. The number of rotatable bonds is 2. The maximum atomic E-state index is 4.50. The van der Waals surface area contributed by atoms with Gasteiger partial charge in [-0.05, 0) is 6.92 Å². The molecule has 5 heavy (non-hydrogen) atoms. The molecule has 0 aromatic carbocycles. The molecule has 0 atom stereocenters. The molecular weight excluding hydrogens is 134 g/mol. The van der Waals surface area contributed by atoms with Gasteiger partial charge in [0.15, 0.2) is 0 Å². The van der Waals surface area contributed by atoms with Gasteiger partial charge in [-0.2, -0.15) is 0 Å². The average molecular weight is 140 g/mol. The van der Waals surface area contributed by atoms with E-state index in [4.69, 9.17) is 0 Å². The lowest BCUT2D eigenvalue weighted by atomic mass is 10.9. The Morgan fingerprint density at radius 3 is 2.60 bits per heavy atom. The van der Waals surface area contributed by atoms with E-state index in [-0.39, 0.29) is 0 Å².